The van der Waals surface area contributed by atoms with Crippen LogP contribution in [0.3, 0.4) is 0 Å². The summed E-state index contributed by atoms with van der Waals surface area (Å²) < 4.78 is 27.9. The molecule has 0 radical (unpaired) electrons. The van der Waals surface area contributed by atoms with Gasteiger partial charge in [0.2, 0.25) is 21.8 Å². The Morgan fingerprint density at radius 2 is 1.70 bits per heavy atom. The highest BCUT2D eigenvalue weighted by Crippen LogP contribution is 2.27. The molecule has 1 aliphatic rings. The third-order valence-electron chi connectivity index (χ3n) is 7.69. The SMILES string of the molecule is Cc1cc(N(CC(=O)N(Cc2ccc(Cl)cc2Cl)[C@H](Cc2ccccc2)C(=O)NC2CCCCC2)S(C)(=O)=O)ccc1Br. The lowest BCUT2D eigenvalue weighted by Gasteiger charge is -2.35. The average molecular weight is 710 g/mol. The number of halogens is 3. The van der Waals surface area contributed by atoms with Crippen molar-refractivity contribution in [1.29, 1.82) is 0 Å². The molecule has 3 aromatic carbocycles. The molecule has 1 saturated carbocycles. The second-order valence-electron chi connectivity index (χ2n) is 11.0. The van der Waals surface area contributed by atoms with Crippen molar-refractivity contribution in [3.05, 3.63) is 97.9 Å². The van der Waals surface area contributed by atoms with E-state index < -0.39 is 28.5 Å². The first kappa shape index (κ1) is 33.3. The summed E-state index contributed by atoms with van der Waals surface area (Å²) in [6.07, 6.45) is 6.27. The standard InChI is InChI=1S/C32H36BrCl2N3O4S/c1-22-17-27(15-16-28(22)33)38(43(2,41)42)21-31(39)37(20-24-13-14-25(34)19-29(24)35)30(18-23-9-5-3-6-10-23)32(40)36-26-11-7-4-8-12-26/h3,5-6,9-10,13-17,19,26,30H,4,7-8,11-12,18,20-21H2,1-2H3,(H,36,40)/t30-/m1/s1. The molecule has 4 rings (SSSR count). The molecule has 0 aromatic heterocycles. The van der Waals surface area contributed by atoms with E-state index in [9.17, 15) is 18.0 Å². The zero-order valence-electron chi connectivity index (χ0n) is 24.2. The highest BCUT2D eigenvalue weighted by Gasteiger charge is 2.34. The Labute approximate surface area is 272 Å². The molecule has 2 amide bonds. The summed E-state index contributed by atoms with van der Waals surface area (Å²) >= 11 is 16.2. The maximum absolute atomic E-state index is 14.3. The van der Waals surface area contributed by atoms with Gasteiger partial charge in [-0.1, -0.05) is 94.8 Å². The third kappa shape index (κ3) is 9.20. The molecule has 3 aromatic rings. The van der Waals surface area contributed by atoms with Crippen molar-refractivity contribution < 1.29 is 18.0 Å². The number of sulfonamides is 1. The van der Waals surface area contributed by atoms with Gasteiger partial charge in [-0.15, -0.1) is 0 Å². The maximum Gasteiger partial charge on any atom is 0.244 e. The normalized spacial score (nSPS) is 14.6. The van der Waals surface area contributed by atoms with Gasteiger partial charge in [0.05, 0.1) is 11.9 Å². The number of nitrogens with one attached hydrogen (secondary N) is 1. The van der Waals surface area contributed by atoms with Crippen LogP contribution in [0.4, 0.5) is 5.69 Å². The number of amides is 2. The molecule has 1 N–H and O–H groups in total. The summed E-state index contributed by atoms with van der Waals surface area (Å²) in [5.74, 6) is -0.809. The number of anilines is 1. The fraction of sp³-hybridized carbons (Fsp3) is 0.375. The van der Waals surface area contributed by atoms with E-state index in [1.54, 1.807) is 36.4 Å². The number of nitrogens with zero attached hydrogens (tertiary/aromatic N) is 2. The van der Waals surface area contributed by atoms with Crippen molar-refractivity contribution >= 4 is 66.7 Å². The Hall–Kier alpha value is -2.59. The molecule has 1 atom stereocenters. The van der Waals surface area contributed by atoms with Gasteiger partial charge in [0.1, 0.15) is 12.6 Å². The minimum atomic E-state index is -3.86. The van der Waals surface area contributed by atoms with Crippen molar-refractivity contribution in [3.63, 3.8) is 0 Å². The van der Waals surface area contributed by atoms with E-state index in [4.69, 9.17) is 23.2 Å². The summed E-state index contributed by atoms with van der Waals surface area (Å²) in [7, 11) is -3.86. The van der Waals surface area contributed by atoms with Gasteiger partial charge in [-0.3, -0.25) is 13.9 Å². The van der Waals surface area contributed by atoms with Crippen molar-refractivity contribution in [2.24, 2.45) is 0 Å². The van der Waals surface area contributed by atoms with E-state index >= 15 is 0 Å². The van der Waals surface area contributed by atoms with Gasteiger partial charge in [-0.05, 0) is 66.8 Å². The first-order valence-electron chi connectivity index (χ1n) is 14.2. The van der Waals surface area contributed by atoms with Crippen LogP contribution in [0.25, 0.3) is 0 Å². The summed E-state index contributed by atoms with van der Waals surface area (Å²) in [5.41, 5.74) is 2.63. The van der Waals surface area contributed by atoms with Crippen LogP contribution in [-0.4, -0.2) is 50.0 Å². The van der Waals surface area contributed by atoms with Gasteiger partial charge < -0.3 is 10.2 Å². The predicted octanol–water partition coefficient (Wildman–Crippen LogP) is 6.92. The zero-order valence-corrected chi connectivity index (χ0v) is 28.1. The largest absolute Gasteiger partial charge is 0.352 e. The second-order valence-corrected chi connectivity index (χ2v) is 14.6. The minimum Gasteiger partial charge on any atom is -0.352 e. The van der Waals surface area contributed by atoms with Crippen molar-refractivity contribution in [2.45, 2.75) is 64.1 Å². The Bertz CT molecular complexity index is 1550. The fourth-order valence-electron chi connectivity index (χ4n) is 5.33. The summed E-state index contributed by atoms with van der Waals surface area (Å²) in [6.45, 7) is 1.34. The van der Waals surface area contributed by atoms with E-state index in [0.29, 0.717) is 21.3 Å². The number of benzene rings is 3. The average Bonchev–Trinajstić information content (AvgIpc) is 2.96. The highest BCUT2D eigenvalue weighted by molar-refractivity contribution is 9.10. The molecule has 11 heteroatoms. The molecule has 43 heavy (non-hydrogen) atoms. The Kier molecular flexibility index (Phi) is 11.6. The third-order valence-corrected chi connectivity index (χ3v) is 10.3. The van der Waals surface area contributed by atoms with Crippen LogP contribution in [0.2, 0.25) is 10.0 Å². The minimum absolute atomic E-state index is 0.0125. The van der Waals surface area contributed by atoms with Gasteiger partial charge >= 0.3 is 0 Å². The number of hydrogen-bond donors (Lipinski definition) is 1. The van der Waals surface area contributed by atoms with E-state index in [2.05, 4.69) is 21.2 Å². The number of hydrogen-bond acceptors (Lipinski definition) is 4. The highest BCUT2D eigenvalue weighted by atomic mass is 79.9. The van der Waals surface area contributed by atoms with E-state index in [-0.39, 0.29) is 24.9 Å². The van der Waals surface area contributed by atoms with Crippen LogP contribution in [0.1, 0.15) is 48.8 Å². The van der Waals surface area contributed by atoms with Crippen LogP contribution < -0.4 is 9.62 Å². The van der Waals surface area contributed by atoms with Crippen LogP contribution >= 0.6 is 39.1 Å². The van der Waals surface area contributed by atoms with Gasteiger partial charge in [0.15, 0.2) is 0 Å². The molecule has 0 saturated heterocycles. The zero-order chi connectivity index (χ0) is 31.1. The Balaban J connectivity index is 1.75. The predicted molar refractivity (Wildman–Crippen MR) is 177 cm³/mol. The molecule has 0 aliphatic heterocycles. The molecule has 230 valence electrons. The first-order chi connectivity index (χ1) is 20.4. The van der Waals surface area contributed by atoms with Crippen LogP contribution in [0.15, 0.2) is 71.2 Å². The summed E-state index contributed by atoms with van der Waals surface area (Å²) in [5, 5.41) is 3.98. The molecular weight excluding hydrogens is 673 g/mol. The maximum atomic E-state index is 14.3. The number of carbonyl (C=O) groups is 2. The lowest BCUT2D eigenvalue weighted by atomic mass is 9.94. The van der Waals surface area contributed by atoms with E-state index in [0.717, 1.165) is 58.3 Å². The summed E-state index contributed by atoms with van der Waals surface area (Å²) in [4.78, 5) is 29.8. The van der Waals surface area contributed by atoms with Gasteiger partial charge in [-0.25, -0.2) is 8.42 Å². The van der Waals surface area contributed by atoms with Gasteiger partial charge in [0.25, 0.3) is 0 Å². The second kappa shape index (κ2) is 14.9. The quantitative estimate of drug-likeness (QED) is 0.234. The lowest BCUT2D eigenvalue weighted by molar-refractivity contribution is -0.140. The number of carbonyl (C=O) groups excluding carboxylic acids is 2. The lowest BCUT2D eigenvalue weighted by Crippen LogP contribution is -2.55. The summed E-state index contributed by atoms with van der Waals surface area (Å²) in [6, 6.07) is 18.6. The molecule has 0 unspecified atom stereocenters. The molecular formula is C32H36BrCl2N3O4S. The molecule has 0 spiro atoms. The number of rotatable bonds is 11. The molecule has 1 fully saturated rings. The fourth-order valence-corrected chi connectivity index (χ4v) is 6.89. The van der Waals surface area contributed by atoms with Crippen molar-refractivity contribution in [1.82, 2.24) is 10.2 Å². The molecule has 0 heterocycles. The van der Waals surface area contributed by atoms with Gasteiger partial charge in [-0.2, -0.15) is 0 Å². The molecule has 7 nitrogen and oxygen atoms in total. The monoisotopic (exact) mass is 707 g/mol. The first-order valence-corrected chi connectivity index (χ1v) is 17.6. The van der Waals surface area contributed by atoms with E-state index in [1.165, 1.54) is 4.90 Å². The van der Waals surface area contributed by atoms with Crippen LogP contribution in [-0.2, 0) is 32.6 Å². The smallest absolute Gasteiger partial charge is 0.244 e. The topological polar surface area (TPSA) is 86.8 Å². The van der Waals surface area contributed by atoms with Gasteiger partial charge in [0, 0.05) is 33.5 Å². The molecule has 1 aliphatic carbocycles. The Morgan fingerprint density at radius 3 is 2.33 bits per heavy atom. The van der Waals surface area contributed by atoms with Crippen LogP contribution in [0, 0.1) is 6.92 Å². The van der Waals surface area contributed by atoms with Crippen molar-refractivity contribution in [2.75, 3.05) is 17.1 Å². The number of aryl methyl sites for hydroxylation is 1. The molecule has 0 bridgehead atoms. The van der Waals surface area contributed by atoms with Crippen LogP contribution in [0.5, 0.6) is 0 Å². The Morgan fingerprint density at radius 1 is 1.00 bits per heavy atom. The van der Waals surface area contributed by atoms with E-state index in [1.807, 2.05) is 37.3 Å². The van der Waals surface area contributed by atoms with Crippen molar-refractivity contribution in [3.8, 4) is 0 Å².